The van der Waals surface area contributed by atoms with Gasteiger partial charge in [-0.15, -0.1) is 0 Å². The van der Waals surface area contributed by atoms with E-state index in [0.29, 0.717) is 23.0 Å². The van der Waals surface area contributed by atoms with Crippen LogP contribution in [0.25, 0.3) is 10.8 Å². The van der Waals surface area contributed by atoms with E-state index in [9.17, 15) is 18.0 Å². The highest BCUT2D eigenvalue weighted by Gasteiger charge is 2.39. The van der Waals surface area contributed by atoms with Crippen molar-refractivity contribution in [2.45, 2.75) is 43.6 Å². The standard InChI is InChI=1S/C18H17F3N2O/c19-18(20,21)14-3-1-2-10-8-11(4-6-13(10)14)17(24)23-16-9-12-5-7-15(16)22-12/h1-4,6,8,12,15-16,22H,5,7,9H2,(H,23,24). The van der Waals surface area contributed by atoms with Gasteiger partial charge in [0.05, 0.1) is 5.56 Å². The lowest BCUT2D eigenvalue weighted by Crippen LogP contribution is -2.42. The van der Waals surface area contributed by atoms with Crippen LogP contribution in [-0.4, -0.2) is 24.0 Å². The maximum absolute atomic E-state index is 13.0. The maximum atomic E-state index is 13.0. The van der Waals surface area contributed by atoms with E-state index in [4.69, 9.17) is 0 Å². The van der Waals surface area contributed by atoms with Crippen molar-refractivity contribution in [2.24, 2.45) is 0 Å². The molecular formula is C18H17F3N2O. The maximum Gasteiger partial charge on any atom is 0.417 e. The summed E-state index contributed by atoms with van der Waals surface area (Å²) in [6.45, 7) is 0. The molecule has 0 saturated carbocycles. The number of amides is 1. The Hall–Kier alpha value is -2.08. The van der Waals surface area contributed by atoms with E-state index in [2.05, 4.69) is 10.6 Å². The van der Waals surface area contributed by atoms with Crippen molar-refractivity contribution in [3.05, 3.63) is 47.5 Å². The molecule has 0 spiro atoms. The summed E-state index contributed by atoms with van der Waals surface area (Å²) >= 11 is 0. The SMILES string of the molecule is O=C(NC1CC2CCC1N2)c1ccc2c(C(F)(F)F)cccc2c1. The number of carbonyl (C=O) groups excluding carboxylic acids is 1. The van der Waals surface area contributed by atoms with E-state index in [0.717, 1.165) is 25.3 Å². The quantitative estimate of drug-likeness (QED) is 0.883. The summed E-state index contributed by atoms with van der Waals surface area (Å²) in [6, 6.07) is 9.30. The minimum atomic E-state index is -4.40. The molecule has 3 unspecified atom stereocenters. The zero-order valence-electron chi connectivity index (χ0n) is 12.9. The van der Waals surface area contributed by atoms with Crippen LogP contribution >= 0.6 is 0 Å². The normalized spacial score (nSPS) is 26.0. The van der Waals surface area contributed by atoms with Gasteiger partial charge in [-0.2, -0.15) is 13.2 Å². The Balaban J connectivity index is 1.60. The molecule has 2 aromatic rings. The first-order valence-corrected chi connectivity index (χ1v) is 8.09. The van der Waals surface area contributed by atoms with Crippen molar-refractivity contribution in [2.75, 3.05) is 0 Å². The second-order valence-electron chi connectivity index (χ2n) is 6.60. The highest BCUT2D eigenvalue weighted by Crippen LogP contribution is 2.35. The number of hydrogen-bond acceptors (Lipinski definition) is 2. The third-order valence-corrected chi connectivity index (χ3v) is 5.06. The molecule has 2 saturated heterocycles. The van der Waals surface area contributed by atoms with E-state index < -0.39 is 11.7 Å². The Morgan fingerprint density at radius 2 is 2.00 bits per heavy atom. The van der Waals surface area contributed by atoms with Crippen molar-refractivity contribution >= 4 is 16.7 Å². The zero-order valence-corrected chi connectivity index (χ0v) is 12.9. The molecule has 3 nitrogen and oxygen atoms in total. The molecule has 2 heterocycles. The van der Waals surface area contributed by atoms with Crippen molar-refractivity contribution in [1.82, 2.24) is 10.6 Å². The number of rotatable bonds is 2. The van der Waals surface area contributed by atoms with E-state index in [1.165, 1.54) is 24.3 Å². The Kier molecular flexibility index (Phi) is 3.53. The van der Waals surface area contributed by atoms with Gasteiger partial charge >= 0.3 is 6.18 Å². The average Bonchev–Trinajstić information content (AvgIpc) is 3.15. The fourth-order valence-corrected chi connectivity index (χ4v) is 3.91. The van der Waals surface area contributed by atoms with Gasteiger partial charge in [-0.25, -0.2) is 0 Å². The molecule has 1 amide bonds. The van der Waals surface area contributed by atoms with Crippen LogP contribution in [0, 0.1) is 0 Å². The highest BCUT2D eigenvalue weighted by atomic mass is 19.4. The van der Waals surface area contributed by atoms with E-state index in [-0.39, 0.29) is 17.3 Å². The Labute approximate surface area is 137 Å². The van der Waals surface area contributed by atoms with Crippen LogP contribution in [0.5, 0.6) is 0 Å². The molecule has 2 aromatic carbocycles. The third-order valence-electron chi connectivity index (χ3n) is 5.06. The molecule has 3 atom stereocenters. The van der Waals surface area contributed by atoms with Crippen LogP contribution < -0.4 is 10.6 Å². The highest BCUT2D eigenvalue weighted by molar-refractivity contribution is 5.99. The van der Waals surface area contributed by atoms with Crippen LogP contribution in [0.1, 0.15) is 35.2 Å². The third kappa shape index (κ3) is 2.65. The Morgan fingerprint density at radius 1 is 1.17 bits per heavy atom. The topological polar surface area (TPSA) is 41.1 Å². The van der Waals surface area contributed by atoms with Crippen LogP contribution in [0.4, 0.5) is 13.2 Å². The summed E-state index contributed by atoms with van der Waals surface area (Å²) in [5.41, 5.74) is -0.283. The summed E-state index contributed by atoms with van der Waals surface area (Å²) in [4.78, 5) is 12.4. The smallest absolute Gasteiger partial charge is 0.348 e. The predicted molar refractivity (Wildman–Crippen MR) is 84.8 cm³/mol. The summed E-state index contributed by atoms with van der Waals surface area (Å²) in [5.74, 6) is -0.228. The fraction of sp³-hybridized carbons (Fsp3) is 0.389. The summed E-state index contributed by atoms with van der Waals surface area (Å²) in [5, 5.41) is 7.00. The van der Waals surface area contributed by atoms with Crippen molar-refractivity contribution < 1.29 is 18.0 Å². The minimum absolute atomic E-state index is 0.105. The van der Waals surface area contributed by atoms with Gasteiger partial charge in [0.25, 0.3) is 5.91 Å². The largest absolute Gasteiger partial charge is 0.417 e. The molecule has 4 rings (SSSR count). The molecule has 0 aromatic heterocycles. The first kappa shape index (κ1) is 15.4. The molecule has 0 aliphatic carbocycles. The van der Waals surface area contributed by atoms with Crippen molar-refractivity contribution in [3.63, 3.8) is 0 Å². The van der Waals surface area contributed by atoms with E-state index in [1.807, 2.05) is 0 Å². The molecule has 0 radical (unpaired) electrons. The first-order valence-electron chi connectivity index (χ1n) is 8.09. The van der Waals surface area contributed by atoms with Gasteiger partial charge in [-0.3, -0.25) is 4.79 Å². The second-order valence-corrected chi connectivity index (χ2v) is 6.60. The lowest BCUT2D eigenvalue weighted by molar-refractivity contribution is -0.136. The fourth-order valence-electron chi connectivity index (χ4n) is 3.91. The van der Waals surface area contributed by atoms with Gasteiger partial charge in [0.1, 0.15) is 0 Å². The van der Waals surface area contributed by atoms with Crippen molar-refractivity contribution in [1.29, 1.82) is 0 Å². The van der Waals surface area contributed by atoms with Gasteiger partial charge in [-0.05, 0) is 48.2 Å². The van der Waals surface area contributed by atoms with Gasteiger partial charge in [0, 0.05) is 23.7 Å². The molecule has 2 aliphatic heterocycles. The summed E-state index contributed by atoms with van der Waals surface area (Å²) in [7, 11) is 0. The zero-order chi connectivity index (χ0) is 16.9. The molecule has 2 aliphatic rings. The molecule has 126 valence electrons. The number of nitrogens with one attached hydrogen (secondary N) is 2. The molecule has 2 fully saturated rings. The average molecular weight is 334 g/mol. The molecule has 24 heavy (non-hydrogen) atoms. The number of halogens is 3. The van der Waals surface area contributed by atoms with Crippen LogP contribution in [0.2, 0.25) is 0 Å². The molecule has 2 bridgehead atoms. The van der Waals surface area contributed by atoms with Gasteiger partial charge < -0.3 is 10.6 Å². The molecule has 6 heteroatoms. The lowest BCUT2D eigenvalue weighted by Gasteiger charge is -2.21. The number of alkyl halides is 3. The van der Waals surface area contributed by atoms with E-state index >= 15 is 0 Å². The number of carbonyl (C=O) groups is 1. The first-order chi connectivity index (χ1) is 11.4. The lowest BCUT2D eigenvalue weighted by atomic mass is 9.95. The van der Waals surface area contributed by atoms with Gasteiger partial charge in [0.15, 0.2) is 0 Å². The minimum Gasteiger partial charge on any atom is -0.348 e. The van der Waals surface area contributed by atoms with Gasteiger partial charge in [-0.1, -0.05) is 18.2 Å². The Morgan fingerprint density at radius 3 is 2.67 bits per heavy atom. The predicted octanol–water partition coefficient (Wildman–Crippen LogP) is 3.48. The number of benzene rings is 2. The van der Waals surface area contributed by atoms with Crippen LogP contribution in [0.3, 0.4) is 0 Å². The van der Waals surface area contributed by atoms with Crippen LogP contribution in [-0.2, 0) is 6.18 Å². The summed E-state index contributed by atoms with van der Waals surface area (Å²) in [6.07, 6.45) is -1.28. The number of hydrogen-bond donors (Lipinski definition) is 2. The molecular weight excluding hydrogens is 317 g/mol. The van der Waals surface area contributed by atoms with E-state index in [1.54, 1.807) is 6.07 Å². The molecule has 2 N–H and O–H groups in total. The van der Waals surface area contributed by atoms with Crippen molar-refractivity contribution in [3.8, 4) is 0 Å². The monoisotopic (exact) mass is 334 g/mol. The second kappa shape index (κ2) is 5.48. The van der Waals surface area contributed by atoms with Gasteiger partial charge in [0.2, 0.25) is 0 Å². The summed E-state index contributed by atoms with van der Waals surface area (Å²) < 4.78 is 39.1. The number of fused-ring (bicyclic) bond motifs is 3. The Bertz CT molecular complexity index is 802. The van der Waals surface area contributed by atoms with Crippen LogP contribution in [0.15, 0.2) is 36.4 Å².